The molecule has 5 nitrogen and oxygen atoms in total. The van der Waals surface area contributed by atoms with E-state index in [1.165, 1.54) is 22.3 Å². The summed E-state index contributed by atoms with van der Waals surface area (Å²) in [5, 5.41) is 3.20. The summed E-state index contributed by atoms with van der Waals surface area (Å²) in [5.74, 6) is 2.68. The molecule has 33 heavy (non-hydrogen) atoms. The van der Waals surface area contributed by atoms with Crippen molar-refractivity contribution in [1.82, 2.24) is 5.32 Å². The van der Waals surface area contributed by atoms with E-state index in [0.29, 0.717) is 41.5 Å². The fourth-order valence-corrected chi connectivity index (χ4v) is 5.74. The lowest BCUT2D eigenvalue weighted by atomic mass is 9.59. The monoisotopic (exact) mass is 443 g/mol. The van der Waals surface area contributed by atoms with Gasteiger partial charge in [-0.3, -0.25) is 4.79 Å². The zero-order chi connectivity index (χ0) is 22.9. The van der Waals surface area contributed by atoms with Crippen molar-refractivity contribution in [3.8, 4) is 17.2 Å². The van der Waals surface area contributed by atoms with Gasteiger partial charge in [0.1, 0.15) is 0 Å². The van der Waals surface area contributed by atoms with Crippen LogP contribution in [0.25, 0.3) is 0 Å². The van der Waals surface area contributed by atoms with Gasteiger partial charge in [-0.1, -0.05) is 54.6 Å². The molecule has 0 aromatic heterocycles. The number of hydrogen-bond acceptors (Lipinski definition) is 4. The van der Waals surface area contributed by atoms with Gasteiger partial charge in [0.25, 0.3) is 0 Å². The molecule has 3 aromatic rings. The van der Waals surface area contributed by atoms with Crippen molar-refractivity contribution >= 4 is 5.91 Å². The zero-order valence-corrected chi connectivity index (χ0v) is 19.3. The molecule has 1 unspecified atom stereocenters. The van der Waals surface area contributed by atoms with Crippen LogP contribution in [0.5, 0.6) is 17.2 Å². The van der Waals surface area contributed by atoms with Crippen LogP contribution in [-0.2, 0) is 11.2 Å². The number of benzene rings is 3. The lowest BCUT2D eigenvalue weighted by molar-refractivity contribution is -0.120. The molecule has 170 valence electrons. The quantitative estimate of drug-likeness (QED) is 0.577. The van der Waals surface area contributed by atoms with Gasteiger partial charge < -0.3 is 19.5 Å². The van der Waals surface area contributed by atoms with Gasteiger partial charge in [-0.15, -0.1) is 0 Å². The molecule has 0 fully saturated rings. The van der Waals surface area contributed by atoms with Crippen LogP contribution in [0.4, 0.5) is 0 Å². The van der Waals surface area contributed by atoms with Crippen LogP contribution in [0, 0.1) is 5.92 Å². The first kappa shape index (κ1) is 21.4. The first-order chi connectivity index (χ1) is 16.2. The normalized spacial score (nSPS) is 19.9. The number of nitrogens with one attached hydrogen (secondary N) is 1. The Balaban J connectivity index is 1.34. The molecule has 3 aliphatic rings. The molecule has 1 amide bonds. The third-order valence-corrected chi connectivity index (χ3v) is 7.12. The summed E-state index contributed by atoms with van der Waals surface area (Å²) >= 11 is 0. The van der Waals surface area contributed by atoms with Crippen LogP contribution in [0.2, 0.25) is 0 Å². The maximum atomic E-state index is 12.9. The largest absolute Gasteiger partial charge is 0.493 e. The number of ether oxygens (including phenoxy) is 3. The first-order valence-electron chi connectivity index (χ1n) is 11.4. The maximum absolute atomic E-state index is 12.9. The molecule has 2 bridgehead atoms. The van der Waals surface area contributed by atoms with Crippen molar-refractivity contribution in [3.63, 3.8) is 0 Å². The zero-order valence-electron chi connectivity index (χ0n) is 19.3. The highest BCUT2D eigenvalue weighted by Gasteiger charge is 2.42. The van der Waals surface area contributed by atoms with Gasteiger partial charge in [0, 0.05) is 23.9 Å². The molecule has 0 aliphatic heterocycles. The summed E-state index contributed by atoms with van der Waals surface area (Å²) < 4.78 is 16.3. The second kappa shape index (κ2) is 8.81. The van der Waals surface area contributed by atoms with Crippen molar-refractivity contribution in [2.75, 3.05) is 27.9 Å². The SMILES string of the molecule is COc1ccc(CC(=O)NCC2CC3c4ccccc4C2c2ccccc23)c(OC)c1OC. The van der Waals surface area contributed by atoms with E-state index in [-0.39, 0.29) is 12.3 Å². The highest BCUT2D eigenvalue weighted by Crippen LogP contribution is 2.55. The molecule has 3 aromatic carbocycles. The highest BCUT2D eigenvalue weighted by molar-refractivity contribution is 5.80. The fraction of sp³-hybridized carbons (Fsp3) is 0.321. The topological polar surface area (TPSA) is 56.8 Å². The molecule has 0 heterocycles. The molecule has 1 N–H and O–H groups in total. The second-order valence-electron chi connectivity index (χ2n) is 8.76. The summed E-state index contributed by atoms with van der Waals surface area (Å²) in [5.41, 5.74) is 6.48. The second-order valence-corrected chi connectivity index (χ2v) is 8.76. The van der Waals surface area contributed by atoms with Crippen LogP contribution in [0.1, 0.15) is 46.1 Å². The summed E-state index contributed by atoms with van der Waals surface area (Å²) in [6, 6.07) is 21.2. The summed E-state index contributed by atoms with van der Waals surface area (Å²) in [7, 11) is 4.72. The van der Waals surface area contributed by atoms with E-state index in [2.05, 4.69) is 53.8 Å². The van der Waals surface area contributed by atoms with Crippen molar-refractivity contribution in [3.05, 3.63) is 88.5 Å². The van der Waals surface area contributed by atoms with Gasteiger partial charge in [-0.2, -0.15) is 0 Å². The minimum absolute atomic E-state index is 0.0245. The fourth-order valence-electron chi connectivity index (χ4n) is 5.74. The molecular weight excluding hydrogens is 414 g/mol. The Bertz CT molecular complexity index is 1140. The Morgan fingerprint density at radius 1 is 0.818 bits per heavy atom. The number of methoxy groups -OCH3 is 3. The Morgan fingerprint density at radius 2 is 1.42 bits per heavy atom. The standard InChI is InChI=1S/C28H29NO4/c1-31-24-13-12-17(27(32-2)28(24)33-3)15-25(30)29-16-18-14-23-19-8-4-6-10-21(19)26(18)22-11-7-5-9-20(22)23/h4-13,18,23,26H,14-16H2,1-3H3,(H,29,30). The van der Waals surface area contributed by atoms with Gasteiger partial charge in [0.15, 0.2) is 11.5 Å². The molecule has 0 saturated carbocycles. The molecule has 3 aliphatic carbocycles. The van der Waals surface area contributed by atoms with Crippen LogP contribution in [0.3, 0.4) is 0 Å². The number of fused-ring (bicyclic) bond motifs is 1. The lowest BCUT2D eigenvalue weighted by Crippen LogP contribution is -2.39. The first-order valence-corrected chi connectivity index (χ1v) is 11.4. The predicted molar refractivity (Wildman–Crippen MR) is 127 cm³/mol. The van der Waals surface area contributed by atoms with Gasteiger partial charge in [-0.25, -0.2) is 0 Å². The molecule has 6 rings (SSSR count). The Kier molecular flexibility index (Phi) is 5.71. The van der Waals surface area contributed by atoms with Crippen molar-refractivity contribution in [1.29, 1.82) is 0 Å². The smallest absolute Gasteiger partial charge is 0.224 e. The number of amides is 1. The molecule has 0 saturated heterocycles. The number of rotatable bonds is 7. The molecule has 0 spiro atoms. The van der Waals surface area contributed by atoms with Crippen molar-refractivity contribution in [2.24, 2.45) is 5.92 Å². The number of hydrogen-bond donors (Lipinski definition) is 1. The molecule has 0 radical (unpaired) electrons. The average Bonchev–Trinajstić information content (AvgIpc) is 2.87. The van der Waals surface area contributed by atoms with Crippen molar-refractivity contribution in [2.45, 2.75) is 24.7 Å². The van der Waals surface area contributed by atoms with Crippen LogP contribution < -0.4 is 19.5 Å². The third kappa shape index (κ3) is 3.62. The number of carbonyl (C=O) groups is 1. The third-order valence-electron chi connectivity index (χ3n) is 7.12. The van der Waals surface area contributed by atoms with E-state index in [0.717, 1.165) is 12.0 Å². The molecular formula is C28H29NO4. The van der Waals surface area contributed by atoms with E-state index in [1.807, 2.05) is 6.07 Å². The van der Waals surface area contributed by atoms with Gasteiger partial charge >= 0.3 is 0 Å². The summed E-state index contributed by atoms with van der Waals surface area (Å²) in [4.78, 5) is 12.9. The summed E-state index contributed by atoms with van der Waals surface area (Å²) in [6.07, 6.45) is 1.27. The lowest BCUT2D eigenvalue weighted by Gasteiger charge is -2.45. The summed E-state index contributed by atoms with van der Waals surface area (Å²) in [6.45, 7) is 0.651. The van der Waals surface area contributed by atoms with E-state index in [4.69, 9.17) is 14.2 Å². The van der Waals surface area contributed by atoms with Crippen LogP contribution >= 0.6 is 0 Å². The Morgan fingerprint density at radius 3 is 2.00 bits per heavy atom. The Hall–Kier alpha value is -3.47. The van der Waals surface area contributed by atoms with E-state index >= 15 is 0 Å². The van der Waals surface area contributed by atoms with Crippen LogP contribution in [-0.4, -0.2) is 33.8 Å². The highest BCUT2D eigenvalue weighted by atomic mass is 16.5. The van der Waals surface area contributed by atoms with Gasteiger partial charge in [0.2, 0.25) is 11.7 Å². The molecule has 1 atom stereocenters. The van der Waals surface area contributed by atoms with Crippen LogP contribution in [0.15, 0.2) is 60.7 Å². The van der Waals surface area contributed by atoms with Gasteiger partial charge in [0.05, 0.1) is 27.8 Å². The minimum atomic E-state index is -0.0245. The maximum Gasteiger partial charge on any atom is 0.224 e. The molecule has 5 heteroatoms. The average molecular weight is 444 g/mol. The Labute approximate surface area is 194 Å². The van der Waals surface area contributed by atoms with Crippen molar-refractivity contribution < 1.29 is 19.0 Å². The number of carbonyl (C=O) groups excluding carboxylic acids is 1. The predicted octanol–water partition coefficient (Wildman–Crippen LogP) is 4.67. The van der Waals surface area contributed by atoms with E-state index in [9.17, 15) is 4.79 Å². The van der Waals surface area contributed by atoms with E-state index in [1.54, 1.807) is 27.4 Å². The minimum Gasteiger partial charge on any atom is -0.493 e. The van der Waals surface area contributed by atoms with Gasteiger partial charge in [-0.05, 0) is 40.7 Å². The van der Waals surface area contributed by atoms with E-state index < -0.39 is 0 Å².